The Morgan fingerprint density at radius 1 is 1.09 bits per heavy atom. The van der Waals surface area contributed by atoms with Gasteiger partial charge in [0.25, 0.3) is 0 Å². The maximum Gasteiger partial charge on any atom is 0.226 e. The fourth-order valence-corrected chi connectivity index (χ4v) is 2.88. The number of rotatable bonds is 4. The number of anilines is 1. The number of amides is 1. The molecule has 3 nitrogen and oxygen atoms in total. The van der Waals surface area contributed by atoms with Crippen LogP contribution in [0.2, 0.25) is 0 Å². The number of hydrogen-bond donors (Lipinski definition) is 2. The van der Waals surface area contributed by atoms with Crippen molar-refractivity contribution in [3.63, 3.8) is 0 Å². The van der Waals surface area contributed by atoms with Crippen LogP contribution in [0.1, 0.15) is 35.6 Å². The van der Waals surface area contributed by atoms with Crippen molar-refractivity contribution in [3.05, 3.63) is 65.2 Å². The summed E-state index contributed by atoms with van der Waals surface area (Å²) in [5.41, 5.74) is 10.7. The molecule has 1 amide bonds. The summed E-state index contributed by atoms with van der Waals surface area (Å²) < 4.78 is 0. The van der Waals surface area contributed by atoms with Gasteiger partial charge in [-0.25, -0.2) is 0 Å². The van der Waals surface area contributed by atoms with Gasteiger partial charge in [-0.05, 0) is 48.1 Å². The summed E-state index contributed by atoms with van der Waals surface area (Å²) in [7, 11) is 0. The predicted molar refractivity (Wildman–Crippen MR) is 92.3 cm³/mol. The molecule has 3 rings (SSSR count). The van der Waals surface area contributed by atoms with Gasteiger partial charge in [-0.2, -0.15) is 0 Å². The second-order valence-electron chi connectivity index (χ2n) is 5.61. The molecule has 1 atom stereocenters. The quantitative estimate of drug-likeness (QED) is 0.905. The molecule has 3 N–H and O–H groups in total. The lowest BCUT2D eigenvalue weighted by Crippen LogP contribution is -2.20. The van der Waals surface area contributed by atoms with E-state index in [-0.39, 0.29) is 24.4 Å². The van der Waals surface area contributed by atoms with E-state index in [4.69, 9.17) is 5.73 Å². The smallest absolute Gasteiger partial charge is 0.226 e. The SMILES string of the molecule is Cl.NC(CC(=O)Nc1ccc2c(c1)CCC2)c1ccccc1. The first-order valence-corrected chi connectivity index (χ1v) is 7.44. The molecule has 0 aliphatic heterocycles. The van der Waals surface area contributed by atoms with Crippen LogP contribution in [0, 0.1) is 0 Å². The van der Waals surface area contributed by atoms with Crippen molar-refractivity contribution in [2.75, 3.05) is 5.32 Å². The summed E-state index contributed by atoms with van der Waals surface area (Å²) in [6, 6.07) is 15.7. The van der Waals surface area contributed by atoms with Crippen LogP contribution in [0.5, 0.6) is 0 Å². The second kappa shape index (κ2) is 7.43. The van der Waals surface area contributed by atoms with Crippen molar-refractivity contribution in [2.24, 2.45) is 5.73 Å². The standard InChI is InChI=1S/C18H20N2O.ClH/c19-17(14-5-2-1-3-6-14)12-18(21)20-16-10-9-13-7-4-8-15(13)11-16;/h1-3,5-6,9-11,17H,4,7-8,12,19H2,(H,20,21);1H. The van der Waals surface area contributed by atoms with Crippen LogP contribution >= 0.6 is 12.4 Å². The fourth-order valence-electron chi connectivity index (χ4n) is 2.88. The van der Waals surface area contributed by atoms with Gasteiger partial charge >= 0.3 is 0 Å². The number of aryl methyl sites for hydroxylation is 2. The van der Waals surface area contributed by atoms with E-state index in [9.17, 15) is 4.79 Å². The first-order chi connectivity index (χ1) is 10.2. The Kier molecular flexibility index (Phi) is 5.58. The number of carbonyl (C=O) groups excluding carboxylic acids is 1. The van der Waals surface area contributed by atoms with E-state index in [2.05, 4.69) is 17.4 Å². The molecule has 22 heavy (non-hydrogen) atoms. The molecule has 1 unspecified atom stereocenters. The van der Waals surface area contributed by atoms with Crippen LogP contribution in [-0.2, 0) is 17.6 Å². The molecule has 2 aromatic carbocycles. The molecular formula is C18H21ClN2O. The van der Waals surface area contributed by atoms with Gasteiger partial charge in [0, 0.05) is 18.2 Å². The minimum atomic E-state index is -0.263. The molecule has 0 spiro atoms. The van der Waals surface area contributed by atoms with Crippen LogP contribution in [0.3, 0.4) is 0 Å². The van der Waals surface area contributed by atoms with E-state index >= 15 is 0 Å². The monoisotopic (exact) mass is 316 g/mol. The molecule has 4 heteroatoms. The number of nitrogens with two attached hydrogens (primary N) is 1. The highest BCUT2D eigenvalue weighted by Gasteiger charge is 2.14. The molecule has 0 saturated heterocycles. The van der Waals surface area contributed by atoms with Crippen molar-refractivity contribution in [2.45, 2.75) is 31.7 Å². The molecule has 0 saturated carbocycles. The van der Waals surface area contributed by atoms with Gasteiger partial charge in [-0.1, -0.05) is 36.4 Å². The summed E-state index contributed by atoms with van der Waals surface area (Å²) in [5, 5.41) is 2.95. The van der Waals surface area contributed by atoms with Gasteiger partial charge in [0.1, 0.15) is 0 Å². The minimum absolute atomic E-state index is 0. The van der Waals surface area contributed by atoms with E-state index in [1.807, 2.05) is 36.4 Å². The second-order valence-corrected chi connectivity index (χ2v) is 5.61. The van der Waals surface area contributed by atoms with E-state index in [1.165, 1.54) is 17.5 Å². The molecule has 0 heterocycles. The third-order valence-corrected chi connectivity index (χ3v) is 4.02. The van der Waals surface area contributed by atoms with Gasteiger partial charge in [-0.15, -0.1) is 12.4 Å². The Bertz CT molecular complexity index is 643. The van der Waals surface area contributed by atoms with E-state index < -0.39 is 0 Å². The largest absolute Gasteiger partial charge is 0.326 e. The Hall–Kier alpha value is -1.84. The van der Waals surface area contributed by atoms with Crippen LogP contribution in [0.15, 0.2) is 48.5 Å². The topological polar surface area (TPSA) is 55.1 Å². The first-order valence-electron chi connectivity index (χ1n) is 7.44. The fraction of sp³-hybridized carbons (Fsp3) is 0.278. The maximum absolute atomic E-state index is 12.1. The molecular weight excluding hydrogens is 296 g/mol. The number of carbonyl (C=O) groups is 1. The Morgan fingerprint density at radius 3 is 2.59 bits per heavy atom. The van der Waals surface area contributed by atoms with Crippen LogP contribution < -0.4 is 11.1 Å². The van der Waals surface area contributed by atoms with Gasteiger partial charge in [0.05, 0.1) is 0 Å². The van der Waals surface area contributed by atoms with Crippen molar-refractivity contribution in [3.8, 4) is 0 Å². The lowest BCUT2D eigenvalue weighted by Gasteiger charge is -2.12. The molecule has 116 valence electrons. The van der Waals surface area contributed by atoms with Crippen molar-refractivity contribution in [1.82, 2.24) is 0 Å². The molecule has 0 fully saturated rings. The van der Waals surface area contributed by atoms with Crippen molar-refractivity contribution in [1.29, 1.82) is 0 Å². The predicted octanol–water partition coefficient (Wildman–Crippen LogP) is 3.63. The summed E-state index contributed by atoms with van der Waals surface area (Å²) in [6.45, 7) is 0. The molecule has 0 bridgehead atoms. The molecule has 2 aromatic rings. The zero-order valence-corrected chi connectivity index (χ0v) is 13.2. The molecule has 1 aliphatic rings. The molecule has 1 aliphatic carbocycles. The number of fused-ring (bicyclic) bond motifs is 1. The molecule has 0 aromatic heterocycles. The van der Waals surface area contributed by atoms with E-state index in [0.717, 1.165) is 24.1 Å². The third-order valence-electron chi connectivity index (χ3n) is 4.02. The number of benzene rings is 2. The molecule has 0 radical (unpaired) electrons. The maximum atomic E-state index is 12.1. The zero-order valence-electron chi connectivity index (χ0n) is 12.4. The van der Waals surface area contributed by atoms with Crippen molar-refractivity contribution < 1.29 is 4.79 Å². The normalized spacial score (nSPS) is 13.9. The van der Waals surface area contributed by atoms with Crippen LogP contribution in [0.25, 0.3) is 0 Å². The number of halogens is 1. The van der Waals surface area contributed by atoms with Crippen molar-refractivity contribution >= 4 is 24.0 Å². The Balaban J connectivity index is 0.00000176. The summed E-state index contributed by atoms with van der Waals surface area (Å²) in [5.74, 6) is -0.0377. The summed E-state index contributed by atoms with van der Waals surface area (Å²) >= 11 is 0. The van der Waals surface area contributed by atoms with Gasteiger partial charge < -0.3 is 11.1 Å². The first kappa shape index (κ1) is 16.5. The highest BCUT2D eigenvalue weighted by molar-refractivity contribution is 5.91. The Morgan fingerprint density at radius 2 is 1.82 bits per heavy atom. The highest BCUT2D eigenvalue weighted by Crippen LogP contribution is 2.25. The summed E-state index contributed by atoms with van der Waals surface area (Å²) in [4.78, 5) is 12.1. The van der Waals surface area contributed by atoms with E-state index in [0.29, 0.717) is 6.42 Å². The summed E-state index contributed by atoms with van der Waals surface area (Å²) in [6.07, 6.45) is 3.78. The number of hydrogen-bond acceptors (Lipinski definition) is 2. The van der Waals surface area contributed by atoms with Gasteiger partial charge in [0.15, 0.2) is 0 Å². The lowest BCUT2D eigenvalue weighted by atomic mass is 10.0. The van der Waals surface area contributed by atoms with Crippen LogP contribution in [0.4, 0.5) is 5.69 Å². The average Bonchev–Trinajstić information content (AvgIpc) is 2.95. The van der Waals surface area contributed by atoms with Gasteiger partial charge in [-0.3, -0.25) is 4.79 Å². The third kappa shape index (κ3) is 3.87. The minimum Gasteiger partial charge on any atom is -0.326 e. The van der Waals surface area contributed by atoms with Gasteiger partial charge in [0.2, 0.25) is 5.91 Å². The van der Waals surface area contributed by atoms with Crippen LogP contribution in [-0.4, -0.2) is 5.91 Å². The Labute approximate surface area is 137 Å². The average molecular weight is 317 g/mol. The van der Waals surface area contributed by atoms with E-state index in [1.54, 1.807) is 0 Å². The lowest BCUT2D eigenvalue weighted by molar-refractivity contribution is -0.116. The number of nitrogens with one attached hydrogen (secondary N) is 1. The highest BCUT2D eigenvalue weighted by atomic mass is 35.5. The zero-order chi connectivity index (χ0) is 14.7.